The van der Waals surface area contributed by atoms with Crippen molar-refractivity contribution in [1.82, 2.24) is 19.5 Å². The number of nitrogens with zero attached hydrogens (tertiary/aromatic N) is 4. The first-order chi connectivity index (χ1) is 11.6. The number of aromatic amines is 1. The molecule has 1 atom stereocenters. The highest BCUT2D eigenvalue weighted by Gasteiger charge is 2.12. The molecule has 1 aromatic carbocycles. The van der Waals surface area contributed by atoms with E-state index in [0.29, 0.717) is 30.6 Å². The SMILES string of the molecule is NC(CCn1cnc(=NCc2ccccc2)c2[nH]cnc21)C(=O)O. The maximum atomic E-state index is 10.8. The van der Waals surface area contributed by atoms with Crippen molar-refractivity contribution in [2.45, 2.75) is 25.6 Å². The molecule has 0 fully saturated rings. The third kappa shape index (κ3) is 3.49. The number of aromatic nitrogens is 4. The molecule has 8 heteroatoms. The second-order valence-electron chi connectivity index (χ2n) is 5.40. The Hall–Kier alpha value is -3.00. The minimum atomic E-state index is -1.02. The molecule has 3 rings (SSSR count). The number of aliphatic carboxylic acids is 1. The van der Waals surface area contributed by atoms with Gasteiger partial charge in [-0.1, -0.05) is 30.3 Å². The highest BCUT2D eigenvalue weighted by Crippen LogP contribution is 2.06. The highest BCUT2D eigenvalue weighted by molar-refractivity contribution is 5.73. The Morgan fingerprint density at radius 3 is 2.88 bits per heavy atom. The number of fused-ring (bicyclic) bond motifs is 1. The first-order valence-electron chi connectivity index (χ1n) is 7.56. The molecule has 2 heterocycles. The average Bonchev–Trinajstić information content (AvgIpc) is 3.09. The Labute approximate surface area is 137 Å². The number of imidazole rings is 1. The lowest BCUT2D eigenvalue weighted by atomic mass is 10.2. The summed E-state index contributed by atoms with van der Waals surface area (Å²) in [5.41, 5.74) is 8.61. The zero-order valence-corrected chi connectivity index (χ0v) is 13.0. The van der Waals surface area contributed by atoms with Gasteiger partial charge in [-0.3, -0.25) is 9.79 Å². The smallest absolute Gasteiger partial charge is 0.320 e. The maximum absolute atomic E-state index is 10.8. The number of aryl methyl sites for hydroxylation is 1. The van der Waals surface area contributed by atoms with Crippen LogP contribution in [0.15, 0.2) is 48.0 Å². The van der Waals surface area contributed by atoms with E-state index >= 15 is 0 Å². The minimum Gasteiger partial charge on any atom is -0.480 e. The van der Waals surface area contributed by atoms with E-state index in [1.807, 2.05) is 30.3 Å². The summed E-state index contributed by atoms with van der Waals surface area (Å²) in [4.78, 5) is 27.0. The van der Waals surface area contributed by atoms with Gasteiger partial charge in [0.1, 0.15) is 11.6 Å². The summed E-state index contributed by atoms with van der Waals surface area (Å²) in [6.45, 7) is 0.941. The third-order valence-electron chi connectivity index (χ3n) is 3.69. The molecule has 0 aliphatic rings. The fourth-order valence-corrected chi connectivity index (χ4v) is 2.35. The van der Waals surface area contributed by atoms with Crippen molar-refractivity contribution in [1.29, 1.82) is 0 Å². The van der Waals surface area contributed by atoms with Crippen LogP contribution in [0.2, 0.25) is 0 Å². The van der Waals surface area contributed by atoms with E-state index in [2.05, 4.69) is 19.9 Å². The molecule has 24 heavy (non-hydrogen) atoms. The van der Waals surface area contributed by atoms with Gasteiger partial charge in [-0.05, 0) is 12.0 Å². The van der Waals surface area contributed by atoms with Crippen LogP contribution in [0.4, 0.5) is 0 Å². The molecule has 0 radical (unpaired) electrons. The van der Waals surface area contributed by atoms with Crippen LogP contribution < -0.4 is 11.2 Å². The van der Waals surface area contributed by atoms with Gasteiger partial charge in [-0.2, -0.15) is 0 Å². The van der Waals surface area contributed by atoms with Crippen LogP contribution in [-0.2, 0) is 17.9 Å². The molecule has 0 saturated carbocycles. The molecule has 8 nitrogen and oxygen atoms in total. The van der Waals surface area contributed by atoms with E-state index < -0.39 is 12.0 Å². The van der Waals surface area contributed by atoms with Crippen LogP contribution in [0, 0.1) is 0 Å². The lowest BCUT2D eigenvalue weighted by Crippen LogP contribution is -2.31. The Kier molecular flexibility index (Phi) is 4.66. The van der Waals surface area contributed by atoms with E-state index in [9.17, 15) is 4.79 Å². The second-order valence-corrected chi connectivity index (χ2v) is 5.40. The van der Waals surface area contributed by atoms with Crippen LogP contribution in [-0.4, -0.2) is 36.6 Å². The van der Waals surface area contributed by atoms with Gasteiger partial charge in [0.15, 0.2) is 11.1 Å². The molecule has 4 N–H and O–H groups in total. The fraction of sp³-hybridized carbons (Fsp3) is 0.250. The first-order valence-corrected chi connectivity index (χ1v) is 7.56. The van der Waals surface area contributed by atoms with Gasteiger partial charge >= 0.3 is 5.97 Å². The number of nitrogens with one attached hydrogen (secondary N) is 1. The van der Waals surface area contributed by atoms with Crippen molar-refractivity contribution in [3.05, 3.63) is 54.0 Å². The molecule has 0 spiro atoms. The first kappa shape index (κ1) is 15.9. The van der Waals surface area contributed by atoms with E-state index in [0.717, 1.165) is 11.1 Å². The number of nitrogens with two attached hydrogens (primary N) is 1. The Balaban J connectivity index is 1.86. The Morgan fingerprint density at radius 2 is 2.12 bits per heavy atom. The number of carboxylic acid groups (broad SMARTS) is 1. The van der Waals surface area contributed by atoms with Crippen molar-refractivity contribution < 1.29 is 9.90 Å². The topological polar surface area (TPSA) is 122 Å². The van der Waals surface area contributed by atoms with Crippen molar-refractivity contribution in [3.8, 4) is 0 Å². The molecular formula is C16H18N6O2. The number of benzene rings is 1. The molecule has 3 aromatic rings. The fourth-order valence-electron chi connectivity index (χ4n) is 2.35. The Bertz CT molecular complexity index is 900. The van der Waals surface area contributed by atoms with Gasteiger partial charge in [0, 0.05) is 6.54 Å². The van der Waals surface area contributed by atoms with E-state index in [1.54, 1.807) is 17.2 Å². The summed E-state index contributed by atoms with van der Waals surface area (Å²) in [6, 6.07) is 8.99. The average molecular weight is 326 g/mol. The normalized spacial score (nSPS) is 13.3. The summed E-state index contributed by atoms with van der Waals surface area (Å²) in [5.74, 6) is -1.02. The number of H-pyrrole nitrogens is 1. The van der Waals surface area contributed by atoms with E-state index in [1.165, 1.54) is 0 Å². The van der Waals surface area contributed by atoms with Crippen LogP contribution >= 0.6 is 0 Å². The Morgan fingerprint density at radius 1 is 1.33 bits per heavy atom. The highest BCUT2D eigenvalue weighted by atomic mass is 16.4. The van der Waals surface area contributed by atoms with Gasteiger partial charge < -0.3 is 20.4 Å². The zero-order valence-electron chi connectivity index (χ0n) is 13.0. The van der Waals surface area contributed by atoms with Crippen LogP contribution in [0.1, 0.15) is 12.0 Å². The quantitative estimate of drug-likeness (QED) is 0.614. The summed E-state index contributed by atoms with van der Waals surface area (Å²) in [6.07, 6.45) is 3.48. The summed E-state index contributed by atoms with van der Waals surface area (Å²) in [5, 5.41) is 8.87. The standard InChI is InChI=1S/C16H18N6O2/c17-12(16(23)24)6-7-22-10-21-14(13-15(22)20-9-19-13)18-8-11-4-2-1-3-5-11/h1-5,9-10,12H,6-8,17H2,(H,19,20)(H,23,24). The van der Waals surface area contributed by atoms with Gasteiger partial charge in [0.2, 0.25) is 0 Å². The monoisotopic (exact) mass is 326 g/mol. The third-order valence-corrected chi connectivity index (χ3v) is 3.69. The molecule has 0 aliphatic carbocycles. The number of hydrogen-bond donors (Lipinski definition) is 3. The molecule has 0 aliphatic heterocycles. The number of rotatable bonds is 6. The number of hydrogen-bond acceptors (Lipinski definition) is 5. The van der Waals surface area contributed by atoms with Crippen LogP contribution in [0.3, 0.4) is 0 Å². The summed E-state index contributed by atoms with van der Waals surface area (Å²) < 4.78 is 1.77. The van der Waals surface area contributed by atoms with Gasteiger partial charge in [0.05, 0.1) is 19.2 Å². The van der Waals surface area contributed by atoms with Crippen LogP contribution in [0.25, 0.3) is 11.2 Å². The van der Waals surface area contributed by atoms with Crippen molar-refractivity contribution >= 4 is 17.1 Å². The molecule has 0 amide bonds. The largest absolute Gasteiger partial charge is 0.480 e. The number of carboxylic acids is 1. The lowest BCUT2D eigenvalue weighted by Gasteiger charge is -2.09. The van der Waals surface area contributed by atoms with Crippen molar-refractivity contribution in [2.24, 2.45) is 10.7 Å². The molecule has 1 unspecified atom stereocenters. The van der Waals surface area contributed by atoms with Gasteiger partial charge in [-0.25, -0.2) is 9.97 Å². The molecular weight excluding hydrogens is 308 g/mol. The van der Waals surface area contributed by atoms with Crippen molar-refractivity contribution in [2.75, 3.05) is 0 Å². The van der Waals surface area contributed by atoms with Crippen LogP contribution in [0.5, 0.6) is 0 Å². The predicted molar refractivity (Wildman–Crippen MR) is 87.8 cm³/mol. The number of carbonyl (C=O) groups is 1. The predicted octanol–water partition coefficient (Wildman–Crippen LogP) is 0.662. The maximum Gasteiger partial charge on any atom is 0.320 e. The molecule has 2 aromatic heterocycles. The summed E-state index contributed by atoms with van der Waals surface area (Å²) >= 11 is 0. The molecule has 124 valence electrons. The van der Waals surface area contributed by atoms with E-state index in [4.69, 9.17) is 10.8 Å². The lowest BCUT2D eigenvalue weighted by molar-refractivity contribution is -0.138. The zero-order chi connectivity index (χ0) is 16.9. The molecule has 0 bridgehead atoms. The van der Waals surface area contributed by atoms with Gasteiger partial charge in [-0.15, -0.1) is 0 Å². The molecule has 0 saturated heterocycles. The summed E-state index contributed by atoms with van der Waals surface area (Å²) in [7, 11) is 0. The van der Waals surface area contributed by atoms with Gasteiger partial charge in [0.25, 0.3) is 0 Å². The second kappa shape index (κ2) is 7.05. The van der Waals surface area contributed by atoms with E-state index in [-0.39, 0.29) is 0 Å². The minimum absolute atomic E-state index is 0.296. The van der Waals surface area contributed by atoms with Crippen molar-refractivity contribution in [3.63, 3.8) is 0 Å².